The van der Waals surface area contributed by atoms with Gasteiger partial charge in [0, 0.05) is 33.6 Å². The molecule has 0 saturated heterocycles. The first-order valence-electron chi connectivity index (χ1n) is 8.82. The molecule has 0 atom stereocenters. The van der Waals surface area contributed by atoms with Gasteiger partial charge in [-0.3, -0.25) is 0 Å². The largest absolute Gasteiger partial charge is 0.495 e. The number of methoxy groups -OCH3 is 3. The zero-order valence-electron chi connectivity index (χ0n) is 16.3. The van der Waals surface area contributed by atoms with Gasteiger partial charge in [-0.05, 0) is 36.5 Å². The van der Waals surface area contributed by atoms with Crippen LogP contribution in [0.25, 0.3) is 0 Å². The molecule has 29 heavy (non-hydrogen) atoms. The second-order valence-corrected chi connectivity index (χ2v) is 6.60. The van der Waals surface area contributed by atoms with Crippen molar-refractivity contribution in [2.45, 2.75) is 24.9 Å². The summed E-state index contributed by atoms with van der Waals surface area (Å²) in [7, 11) is 4.80. The van der Waals surface area contributed by atoms with E-state index in [-0.39, 0.29) is 11.9 Å². The number of hydrogen-bond donors (Lipinski definition) is 1. The number of anilines is 2. The highest BCUT2D eigenvalue weighted by molar-refractivity contribution is 6.30. The van der Waals surface area contributed by atoms with E-state index >= 15 is 0 Å². The van der Waals surface area contributed by atoms with Crippen molar-refractivity contribution in [2.75, 3.05) is 39.9 Å². The number of nitrogens with one attached hydrogen (secondary N) is 1. The van der Waals surface area contributed by atoms with E-state index in [1.807, 2.05) is 12.1 Å². The average Bonchev–Trinajstić information content (AvgIpc) is 2.67. The van der Waals surface area contributed by atoms with Crippen molar-refractivity contribution >= 4 is 23.2 Å². The van der Waals surface area contributed by atoms with Crippen molar-refractivity contribution in [3.05, 3.63) is 40.7 Å². The smallest absolute Gasteiger partial charge is 0.420 e. The number of aromatic nitrogens is 2. The second-order valence-electron chi connectivity index (χ2n) is 6.24. The van der Waals surface area contributed by atoms with Crippen LogP contribution in [0.5, 0.6) is 5.75 Å². The van der Waals surface area contributed by atoms with Gasteiger partial charge in [0.05, 0.1) is 12.8 Å². The maximum Gasteiger partial charge on any atom is 0.420 e. The summed E-state index contributed by atoms with van der Waals surface area (Å²) in [6, 6.07) is 5.53. The maximum atomic E-state index is 12.8. The summed E-state index contributed by atoms with van der Waals surface area (Å²) in [6.07, 6.45) is -2.35. The van der Waals surface area contributed by atoms with Gasteiger partial charge in [0.15, 0.2) is 0 Å². The molecule has 1 aromatic heterocycles. The molecule has 0 bridgehead atoms. The van der Waals surface area contributed by atoms with E-state index < -0.39 is 16.9 Å². The number of ether oxygens (including phenoxy) is 3. The predicted octanol–water partition coefficient (Wildman–Crippen LogP) is 5.06. The Hall–Kier alpha value is -2.10. The molecule has 0 aliphatic heterocycles. The SMILES string of the molecule is COCCC(CCOC)c1ccc(Nc2ncc(C(F)(F)F)c(Cl)n2)c(OC)c1. The number of nitrogens with zero attached hydrogens (tertiary/aromatic N) is 2. The Bertz CT molecular complexity index is 798. The monoisotopic (exact) mass is 433 g/mol. The van der Waals surface area contributed by atoms with Crippen LogP contribution in [0, 0.1) is 0 Å². The van der Waals surface area contributed by atoms with Crippen LogP contribution in [0.4, 0.5) is 24.8 Å². The summed E-state index contributed by atoms with van der Waals surface area (Å²) in [5.74, 6) is 0.640. The Labute approximate surface area is 172 Å². The molecular formula is C19H23ClF3N3O3. The zero-order valence-corrected chi connectivity index (χ0v) is 17.1. The van der Waals surface area contributed by atoms with Crippen LogP contribution in [0.1, 0.15) is 29.9 Å². The van der Waals surface area contributed by atoms with Gasteiger partial charge in [-0.15, -0.1) is 0 Å². The highest BCUT2D eigenvalue weighted by Gasteiger charge is 2.34. The minimum atomic E-state index is -4.62. The molecule has 2 aromatic rings. The van der Waals surface area contributed by atoms with Crippen molar-refractivity contribution in [1.29, 1.82) is 0 Å². The molecule has 1 heterocycles. The third-order valence-corrected chi connectivity index (χ3v) is 4.62. The van der Waals surface area contributed by atoms with E-state index in [1.54, 1.807) is 20.3 Å². The minimum Gasteiger partial charge on any atom is -0.495 e. The van der Waals surface area contributed by atoms with Gasteiger partial charge in [0.1, 0.15) is 16.5 Å². The molecule has 0 aliphatic carbocycles. The standard InChI is InChI=1S/C19H23ClF3N3O3/c1-27-8-6-12(7-9-28-2)13-4-5-15(16(10-13)29-3)25-18-24-11-14(17(20)26-18)19(21,22)23/h4-5,10-12H,6-9H2,1-3H3,(H,24,25,26). The number of alkyl halides is 3. The van der Waals surface area contributed by atoms with Crippen LogP contribution >= 0.6 is 11.6 Å². The fourth-order valence-electron chi connectivity index (χ4n) is 2.79. The molecule has 0 radical (unpaired) electrons. The Morgan fingerprint density at radius 2 is 1.76 bits per heavy atom. The predicted molar refractivity (Wildman–Crippen MR) is 104 cm³/mol. The summed E-state index contributed by atoms with van der Waals surface area (Å²) in [5.41, 5.74) is 0.448. The van der Waals surface area contributed by atoms with Gasteiger partial charge in [-0.2, -0.15) is 13.2 Å². The molecule has 1 N–H and O–H groups in total. The van der Waals surface area contributed by atoms with E-state index in [9.17, 15) is 13.2 Å². The highest BCUT2D eigenvalue weighted by Crippen LogP contribution is 2.35. The van der Waals surface area contributed by atoms with Gasteiger partial charge >= 0.3 is 6.18 Å². The molecule has 6 nitrogen and oxygen atoms in total. The third-order valence-electron chi connectivity index (χ3n) is 4.33. The maximum absolute atomic E-state index is 12.8. The molecule has 0 spiro atoms. The van der Waals surface area contributed by atoms with Gasteiger partial charge in [0.2, 0.25) is 5.95 Å². The Morgan fingerprint density at radius 3 is 2.28 bits per heavy atom. The Balaban J connectivity index is 2.25. The van der Waals surface area contributed by atoms with Crippen LogP contribution < -0.4 is 10.1 Å². The van der Waals surface area contributed by atoms with Crippen molar-refractivity contribution < 1.29 is 27.4 Å². The first-order chi connectivity index (χ1) is 13.8. The van der Waals surface area contributed by atoms with E-state index in [2.05, 4.69) is 15.3 Å². The summed E-state index contributed by atoms with van der Waals surface area (Å²) < 4.78 is 54.2. The van der Waals surface area contributed by atoms with Crippen molar-refractivity contribution in [2.24, 2.45) is 0 Å². The summed E-state index contributed by atoms with van der Waals surface area (Å²) in [5, 5.41) is 2.17. The van der Waals surface area contributed by atoms with Crippen LogP contribution in [0.2, 0.25) is 5.15 Å². The third kappa shape index (κ3) is 6.45. The number of benzene rings is 1. The molecule has 0 amide bonds. The van der Waals surface area contributed by atoms with Gasteiger partial charge in [-0.1, -0.05) is 17.7 Å². The molecule has 0 aliphatic rings. The molecule has 10 heteroatoms. The lowest BCUT2D eigenvalue weighted by Gasteiger charge is -2.19. The molecule has 0 fully saturated rings. The topological polar surface area (TPSA) is 65.5 Å². The van der Waals surface area contributed by atoms with E-state index in [0.29, 0.717) is 30.8 Å². The quantitative estimate of drug-likeness (QED) is 0.528. The highest BCUT2D eigenvalue weighted by atomic mass is 35.5. The summed E-state index contributed by atoms with van der Waals surface area (Å²) in [6.45, 7) is 1.21. The Morgan fingerprint density at radius 1 is 1.10 bits per heavy atom. The molecule has 2 rings (SSSR count). The number of halogens is 4. The fourth-order valence-corrected chi connectivity index (χ4v) is 3.03. The second kappa shape index (κ2) is 10.6. The number of hydrogen-bond acceptors (Lipinski definition) is 6. The normalized spacial score (nSPS) is 11.7. The molecule has 160 valence electrons. The lowest BCUT2D eigenvalue weighted by atomic mass is 9.92. The van der Waals surface area contributed by atoms with Crippen LogP contribution in [-0.2, 0) is 15.7 Å². The lowest BCUT2D eigenvalue weighted by molar-refractivity contribution is -0.137. The fraction of sp³-hybridized carbons (Fsp3) is 0.474. The van der Waals surface area contributed by atoms with Crippen molar-refractivity contribution in [3.63, 3.8) is 0 Å². The van der Waals surface area contributed by atoms with Crippen molar-refractivity contribution in [3.8, 4) is 5.75 Å². The van der Waals surface area contributed by atoms with E-state index in [4.69, 9.17) is 25.8 Å². The minimum absolute atomic E-state index is 0.0654. The Kier molecular flexibility index (Phi) is 8.48. The molecule has 0 unspecified atom stereocenters. The van der Waals surface area contributed by atoms with Gasteiger partial charge in [0.25, 0.3) is 0 Å². The zero-order chi connectivity index (χ0) is 21.4. The molecule has 1 aromatic carbocycles. The van der Waals surface area contributed by atoms with Crippen LogP contribution in [0.3, 0.4) is 0 Å². The first kappa shape index (κ1) is 23.2. The summed E-state index contributed by atoms with van der Waals surface area (Å²) in [4.78, 5) is 7.38. The van der Waals surface area contributed by atoms with E-state index in [1.165, 1.54) is 7.11 Å². The van der Waals surface area contributed by atoms with Gasteiger partial charge < -0.3 is 19.5 Å². The number of rotatable bonds is 10. The summed E-state index contributed by atoms with van der Waals surface area (Å²) >= 11 is 5.65. The molecule has 0 saturated carbocycles. The van der Waals surface area contributed by atoms with E-state index in [0.717, 1.165) is 18.4 Å². The first-order valence-corrected chi connectivity index (χ1v) is 9.20. The molecular weight excluding hydrogens is 411 g/mol. The van der Waals surface area contributed by atoms with Crippen LogP contribution in [-0.4, -0.2) is 44.5 Å². The van der Waals surface area contributed by atoms with Crippen molar-refractivity contribution in [1.82, 2.24) is 9.97 Å². The van der Waals surface area contributed by atoms with Gasteiger partial charge in [-0.25, -0.2) is 9.97 Å². The van der Waals surface area contributed by atoms with Crippen LogP contribution in [0.15, 0.2) is 24.4 Å². The average molecular weight is 434 g/mol. The lowest BCUT2D eigenvalue weighted by Crippen LogP contribution is -2.10.